The van der Waals surface area contributed by atoms with Crippen molar-refractivity contribution >= 4 is 22.8 Å². The minimum absolute atomic E-state index is 0.0821. The number of hydrogen-bond donors (Lipinski definition) is 0. The van der Waals surface area contributed by atoms with E-state index in [1.165, 1.54) is 13.2 Å². The van der Waals surface area contributed by atoms with Gasteiger partial charge in [-0.15, -0.1) is 13.2 Å². The average Bonchev–Trinajstić information content (AvgIpc) is 3.64. The highest BCUT2D eigenvalue weighted by Gasteiger charge is 2.65. The fourth-order valence-corrected chi connectivity index (χ4v) is 8.05. The van der Waals surface area contributed by atoms with Crippen molar-refractivity contribution in [2.24, 2.45) is 5.41 Å². The first kappa shape index (κ1) is 31.5. The van der Waals surface area contributed by atoms with Gasteiger partial charge >= 0.3 is 12.3 Å². The molecule has 4 atom stereocenters. The van der Waals surface area contributed by atoms with Gasteiger partial charge in [0.1, 0.15) is 5.75 Å². The maximum atomic E-state index is 14.6. The molecule has 0 bridgehead atoms. The molecule has 3 heterocycles. The lowest BCUT2D eigenvalue weighted by Gasteiger charge is -2.37. The number of amides is 1. The second kappa shape index (κ2) is 11.7. The summed E-state index contributed by atoms with van der Waals surface area (Å²) in [5.41, 5.74) is 3.12. The summed E-state index contributed by atoms with van der Waals surface area (Å²) >= 11 is 0. The van der Waals surface area contributed by atoms with E-state index in [9.17, 15) is 22.8 Å². The summed E-state index contributed by atoms with van der Waals surface area (Å²) in [5.74, 6) is -1.15. The van der Waals surface area contributed by atoms with Gasteiger partial charge in [0.25, 0.3) is 0 Å². The number of fused-ring (bicyclic) bond motifs is 7. The van der Waals surface area contributed by atoms with E-state index in [1.807, 2.05) is 30.9 Å². The van der Waals surface area contributed by atoms with Gasteiger partial charge in [-0.3, -0.25) is 4.79 Å². The summed E-state index contributed by atoms with van der Waals surface area (Å²) in [7, 11) is 1.33. The zero-order chi connectivity index (χ0) is 32.3. The lowest BCUT2D eigenvalue weighted by atomic mass is 9.85. The molecule has 1 saturated heterocycles. The van der Waals surface area contributed by atoms with Crippen molar-refractivity contribution in [3.8, 4) is 17.0 Å². The summed E-state index contributed by atoms with van der Waals surface area (Å²) in [6.45, 7) is 9.22. The molecule has 1 aromatic heterocycles. The minimum atomic E-state index is -4.89. The molecule has 45 heavy (non-hydrogen) atoms. The smallest absolute Gasteiger partial charge is 0.465 e. The Morgan fingerprint density at radius 3 is 2.38 bits per heavy atom. The molecule has 0 spiro atoms. The van der Waals surface area contributed by atoms with Gasteiger partial charge in [0, 0.05) is 47.6 Å². The number of halogens is 3. The Hall–Kier alpha value is -3.53. The molecule has 2 fully saturated rings. The van der Waals surface area contributed by atoms with E-state index < -0.39 is 23.7 Å². The standard InChI is InChI=1S/C35H41F3N2O5/c1-6-9-22(10-7-2)29-24-14-13-23(32(41)43-5)15-27(24)40-19-34(33(42)39-17-20(3)44-21(4)18-39)16-26(34)30-25(31(29)40)11-8-12-28(30)45-35(36,37)38/h8,11-15,20-22,26H,6-7,9-10,16-19H2,1-5H3/t20-,21+,26?,34?. The summed E-state index contributed by atoms with van der Waals surface area (Å²) in [4.78, 5) is 29.1. The SMILES string of the molecule is CCCC(CCC)c1c2n(c3cc(C(=O)OC)ccc13)CC1(C(=O)N3C[C@@H](C)O[C@@H](C)C3)CC1c1c(OC(F)(F)F)cccc1-2. The highest BCUT2D eigenvalue weighted by Crippen LogP contribution is 2.67. The highest BCUT2D eigenvalue weighted by atomic mass is 19.4. The molecule has 1 aliphatic carbocycles. The van der Waals surface area contributed by atoms with Gasteiger partial charge in [0.05, 0.1) is 36.0 Å². The number of rotatable bonds is 8. The zero-order valence-electron chi connectivity index (χ0n) is 26.5. The Kier molecular flexibility index (Phi) is 8.16. The van der Waals surface area contributed by atoms with Crippen LogP contribution in [0, 0.1) is 5.41 Å². The number of benzene rings is 2. The van der Waals surface area contributed by atoms with Crippen LogP contribution in [0.3, 0.4) is 0 Å². The van der Waals surface area contributed by atoms with Gasteiger partial charge in [-0.1, -0.05) is 44.9 Å². The normalized spacial score (nSPS) is 24.1. The van der Waals surface area contributed by atoms with E-state index in [4.69, 9.17) is 14.2 Å². The predicted octanol–water partition coefficient (Wildman–Crippen LogP) is 7.80. The van der Waals surface area contributed by atoms with Crippen molar-refractivity contribution in [3.05, 3.63) is 53.1 Å². The molecule has 1 saturated carbocycles. The molecular formula is C35H41F3N2O5. The van der Waals surface area contributed by atoms with Crippen molar-refractivity contribution in [1.82, 2.24) is 9.47 Å². The lowest BCUT2D eigenvalue weighted by molar-refractivity contribution is -0.274. The van der Waals surface area contributed by atoms with Crippen molar-refractivity contribution in [2.75, 3.05) is 20.2 Å². The first-order valence-corrected chi connectivity index (χ1v) is 16.0. The molecular weight excluding hydrogens is 585 g/mol. The van der Waals surface area contributed by atoms with Crippen LogP contribution in [0.1, 0.15) is 93.1 Å². The van der Waals surface area contributed by atoms with E-state index in [2.05, 4.69) is 18.4 Å². The number of morpholine rings is 1. The molecule has 6 rings (SSSR count). The second-order valence-corrected chi connectivity index (χ2v) is 13.0. The zero-order valence-corrected chi connectivity index (χ0v) is 26.5. The molecule has 2 unspecified atom stereocenters. The number of alkyl halides is 3. The van der Waals surface area contributed by atoms with Crippen LogP contribution in [-0.4, -0.2) is 60.1 Å². The van der Waals surface area contributed by atoms with Gasteiger partial charge in [-0.05, 0) is 62.8 Å². The van der Waals surface area contributed by atoms with E-state index in [0.717, 1.165) is 47.8 Å². The molecule has 1 amide bonds. The maximum Gasteiger partial charge on any atom is 0.573 e. The van der Waals surface area contributed by atoms with Crippen LogP contribution in [0.15, 0.2) is 36.4 Å². The maximum absolute atomic E-state index is 14.6. The Balaban J connectivity index is 1.65. The fraction of sp³-hybridized carbons (Fsp3) is 0.543. The molecule has 3 aromatic rings. The monoisotopic (exact) mass is 626 g/mol. The van der Waals surface area contributed by atoms with Crippen LogP contribution in [0.4, 0.5) is 13.2 Å². The molecule has 0 radical (unpaired) electrons. The number of aromatic nitrogens is 1. The molecule has 7 nitrogen and oxygen atoms in total. The molecule has 2 aliphatic heterocycles. The van der Waals surface area contributed by atoms with Gasteiger partial charge in [-0.25, -0.2) is 4.79 Å². The molecule has 242 valence electrons. The summed E-state index contributed by atoms with van der Waals surface area (Å²) in [6, 6.07) is 10.3. The third-order valence-electron chi connectivity index (χ3n) is 9.75. The Morgan fingerprint density at radius 2 is 1.76 bits per heavy atom. The van der Waals surface area contributed by atoms with Gasteiger partial charge < -0.3 is 23.7 Å². The second-order valence-electron chi connectivity index (χ2n) is 13.0. The van der Waals surface area contributed by atoms with Crippen LogP contribution in [-0.2, 0) is 20.8 Å². The predicted molar refractivity (Wildman–Crippen MR) is 164 cm³/mol. The lowest BCUT2D eigenvalue weighted by Crippen LogP contribution is -2.51. The number of esters is 1. The third kappa shape index (κ3) is 5.49. The minimum Gasteiger partial charge on any atom is -0.465 e. The Labute approximate surface area is 261 Å². The topological polar surface area (TPSA) is 70.0 Å². The van der Waals surface area contributed by atoms with Crippen LogP contribution in [0.25, 0.3) is 22.2 Å². The largest absolute Gasteiger partial charge is 0.573 e. The van der Waals surface area contributed by atoms with Crippen molar-refractivity contribution < 1.29 is 37.0 Å². The quantitative estimate of drug-likeness (QED) is 0.239. The van der Waals surface area contributed by atoms with E-state index >= 15 is 0 Å². The first-order chi connectivity index (χ1) is 21.4. The number of methoxy groups -OCH3 is 1. The van der Waals surface area contributed by atoms with E-state index in [0.29, 0.717) is 36.2 Å². The van der Waals surface area contributed by atoms with E-state index in [-0.39, 0.29) is 36.3 Å². The number of carbonyl (C=O) groups is 2. The highest BCUT2D eigenvalue weighted by molar-refractivity contribution is 6.00. The molecule has 10 heteroatoms. The number of hydrogen-bond acceptors (Lipinski definition) is 5. The fourth-order valence-electron chi connectivity index (χ4n) is 8.05. The van der Waals surface area contributed by atoms with Gasteiger partial charge in [0.2, 0.25) is 5.91 Å². The van der Waals surface area contributed by atoms with Crippen LogP contribution >= 0.6 is 0 Å². The Morgan fingerprint density at radius 1 is 1.07 bits per heavy atom. The van der Waals surface area contributed by atoms with Gasteiger partial charge in [-0.2, -0.15) is 0 Å². The number of carbonyl (C=O) groups excluding carboxylic acids is 2. The Bertz CT molecular complexity index is 1620. The third-order valence-corrected chi connectivity index (χ3v) is 9.75. The number of ether oxygens (including phenoxy) is 3. The average molecular weight is 627 g/mol. The van der Waals surface area contributed by atoms with Crippen molar-refractivity contribution in [3.63, 3.8) is 0 Å². The van der Waals surface area contributed by atoms with Crippen LogP contribution in [0.5, 0.6) is 5.75 Å². The molecule has 3 aliphatic rings. The molecule has 0 N–H and O–H groups in total. The molecule has 2 aromatic carbocycles. The summed E-state index contributed by atoms with van der Waals surface area (Å²) in [6.07, 6.45) is -1.16. The van der Waals surface area contributed by atoms with Crippen LogP contribution < -0.4 is 4.74 Å². The first-order valence-electron chi connectivity index (χ1n) is 16.0. The van der Waals surface area contributed by atoms with Crippen LogP contribution in [0.2, 0.25) is 0 Å². The van der Waals surface area contributed by atoms with Crippen molar-refractivity contribution in [1.29, 1.82) is 0 Å². The van der Waals surface area contributed by atoms with E-state index in [1.54, 1.807) is 18.2 Å². The van der Waals surface area contributed by atoms with Crippen molar-refractivity contribution in [2.45, 2.75) is 96.7 Å². The number of nitrogens with zero attached hydrogens (tertiary/aromatic N) is 2. The summed E-state index contributed by atoms with van der Waals surface area (Å²) in [5, 5.41) is 0.938. The summed E-state index contributed by atoms with van der Waals surface area (Å²) < 4.78 is 59.3. The van der Waals surface area contributed by atoms with Gasteiger partial charge in [0.15, 0.2) is 0 Å².